The van der Waals surface area contributed by atoms with E-state index in [2.05, 4.69) is 42.0 Å². The summed E-state index contributed by atoms with van der Waals surface area (Å²) in [6.45, 7) is 7.00. The van der Waals surface area contributed by atoms with E-state index in [1.54, 1.807) is 0 Å². The third-order valence-corrected chi connectivity index (χ3v) is 4.67. The van der Waals surface area contributed by atoms with Crippen LogP contribution in [0.1, 0.15) is 50.4 Å². The van der Waals surface area contributed by atoms with Crippen LogP contribution in [0.15, 0.2) is 18.2 Å². The van der Waals surface area contributed by atoms with E-state index in [1.807, 2.05) is 6.92 Å². The highest BCUT2D eigenvalue weighted by molar-refractivity contribution is 5.91. The number of aromatic amines is 1. The minimum absolute atomic E-state index is 0.601. The summed E-state index contributed by atoms with van der Waals surface area (Å²) in [5, 5.41) is 3.72. The molecule has 8 heteroatoms. The zero-order valence-corrected chi connectivity index (χ0v) is 16.7. The first kappa shape index (κ1) is 21.7. The van der Waals surface area contributed by atoms with E-state index < -0.39 is 10.2 Å². The van der Waals surface area contributed by atoms with Gasteiger partial charge in [0.15, 0.2) is 6.04 Å². The molecule has 1 saturated carbocycles. The van der Waals surface area contributed by atoms with Crippen LogP contribution in [-0.2, 0) is 0 Å². The molecule has 1 aromatic carbocycles. The van der Waals surface area contributed by atoms with Crippen LogP contribution in [0.25, 0.3) is 10.8 Å². The number of aryl methyl sites for hydroxylation is 2. The Bertz CT molecular complexity index is 817. The number of ether oxygens (including phenoxy) is 1. The molecular weight excluding hydrogens is 372 g/mol. The first-order chi connectivity index (χ1) is 12.7. The van der Waals surface area contributed by atoms with Crippen LogP contribution in [0.5, 0.6) is 5.75 Å². The zero-order chi connectivity index (χ0) is 20.0. The highest BCUT2D eigenvalue weighted by Crippen LogP contribution is 2.27. The van der Waals surface area contributed by atoms with Gasteiger partial charge in [-0.05, 0) is 39.7 Å². The number of hydrogen-bond donors (Lipinski definition) is 2. The van der Waals surface area contributed by atoms with Gasteiger partial charge in [-0.2, -0.15) is 0 Å². The average Bonchev–Trinajstić information content (AvgIpc) is 2.74. The van der Waals surface area contributed by atoms with Crippen molar-refractivity contribution in [2.75, 3.05) is 6.61 Å². The Labute approximate surface area is 161 Å². The van der Waals surface area contributed by atoms with Crippen LogP contribution in [0.3, 0.4) is 0 Å². The molecule has 3 rings (SSSR count). The number of nitrogens with one attached hydrogen (secondary N) is 2. The summed E-state index contributed by atoms with van der Waals surface area (Å²) in [4.78, 5) is 7.28. The Morgan fingerprint density at radius 1 is 1.04 bits per heavy atom. The molecule has 0 aliphatic heterocycles. The largest absolute Gasteiger partial charge is 0.493 e. The van der Waals surface area contributed by atoms with E-state index in [-0.39, 0.29) is 0 Å². The molecule has 0 unspecified atom stereocenters. The van der Waals surface area contributed by atoms with Crippen molar-refractivity contribution < 1.29 is 38.6 Å². The fourth-order valence-corrected chi connectivity index (χ4v) is 3.69. The van der Waals surface area contributed by atoms with Gasteiger partial charge in [0.25, 0.3) is 0 Å². The molecule has 27 heavy (non-hydrogen) atoms. The molecule has 1 aromatic heterocycles. The summed E-state index contributed by atoms with van der Waals surface area (Å²) >= 11 is 0. The van der Waals surface area contributed by atoms with Gasteiger partial charge in [-0.1, -0.05) is 12.5 Å². The van der Waals surface area contributed by atoms with E-state index >= 15 is 0 Å². The Morgan fingerprint density at radius 3 is 2.22 bits per heavy atom. The molecule has 0 radical (unpaired) electrons. The van der Waals surface area contributed by atoms with Crippen molar-refractivity contribution in [3.63, 3.8) is 0 Å². The van der Waals surface area contributed by atoms with Crippen LogP contribution in [-0.4, -0.2) is 17.6 Å². The normalized spacial score (nSPS) is 16.2. The molecular formula is C19H27ClN2O5. The van der Waals surface area contributed by atoms with Crippen LogP contribution in [0.2, 0.25) is 0 Å². The Balaban J connectivity index is 0.000000465. The van der Waals surface area contributed by atoms with Crippen molar-refractivity contribution in [1.82, 2.24) is 4.98 Å². The van der Waals surface area contributed by atoms with Crippen molar-refractivity contribution in [3.05, 3.63) is 34.9 Å². The third-order valence-electron chi connectivity index (χ3n) is 4.67. The van der Waals surface area contributed by atoms with Crippen molar-refractivity contribution in [1.29, 1.82) is 0 Å². The van der Waals surface area contributed by atoms with Gasteiger partial charge in [0.05, 0.1) is 17.4 Å². The van der Waals surface area contributed by atoms with E-state index in [4.69, 9.17) is 23.4 Å². The number of hydrogen-bond acceptors (Lipinski definition) is 5. The predicted octanol–water partition coefficient (Wildman–Crippen LogP) is -2.26. The second-order valence-corrected chi connectivity index (χ2v) is 7.47. The van der Waals surface area contributed by atoms with E-state index in [0.29, 0.717) is 12.6 Å². The lowest BCUT2D eigenvalue weighted by Gasteiger charge is -2.17. The molecule has 1 aliphatic carbocycles. The third kappa shape index (κ3) is 6.48. The zero-order valence-electron chi connectivity index (χ0n) is 16.0. The summed E-state index contributed by atoms with van der Waals surface area (Å²) in [6.07, 6.45) is 6.62. The lowest BCUT2D eigenvalue weighted by molar-refractivity contribution is -2.00. The fourth-order valence-electron chi connectivity index (χ4n) is 3.69. The molecule has 0 spiro atoms. The second kappa shape index (κ2) is 9.52. The smallest absolute Gasteiger partial charge is 0.208 e. The molecule has 1 fully saturated rings. The molecule has 0 amide bonds. The minimum Gasteiger partial charge on any atom is -0.493 e. The maximum absolute atomic E-state index is 8.49. The lowest BCUT2D eigenvalue weighted by atomic mass is 9.96. The van der Waals surface area contributed by atoms with Crippen LogP contribution in [0, 0.1) is 24.1 Å². The molecule has 2 N–H and O–H groups in total. The minimum atomic E-state index is -4.94. The van der Waals surface area contributed by atoms with E-state index in [9.17, 15) is 0 Å². The standard InChI is InChI=1S/C19H26N2O.ClHO4/c1-4-22-17-12-8-11-16(21-15-9-6-5-7-10-15)18-13(2)20-14(3)19(17)18;2-1(3,4)5/h8,11-12,15,20H,4-7,9-10H2,1-3H3;(H,2,3,4,5). The van der Waals surface area contributed by atoms with Gasteiger partial charge < -0.3 is 9.72 Å². The summed E-state index contributed by atoms with van der Waals surface area (Å²) in [5.74, 6) is 0.969. The highest BCUT2D eigenvalue weighted by Gasteiger charge is 2.18. The first-order valence-electron chi connectivity index (χ1n) is 9.17. The summed E-state index contributed by atoms with van der Waals surface area (Å²) in [7, 11) is -4.94. The lowest BCUT2D eigenvalue weighted by Crippen LogP contribution is -2.83. The molecule has 0 bridgehead atoms. The monoisotopic (exact) mass is 398 g/mol. The van der Waals surface area contributed by atoms with Gasteiger partial charge >= 0.3 is 0 Å². The SMILES string of the molecule is CCOc1cccc(=[NH+]C2CCCCC2)c2c(C)[nH]c(C)c12.[O-][Cl+3]([O-])([O-])[O-]. The predicted molar refractivity (Wildman–Crippen MR) is 89.9 cm³/mol. The Kier molecular flexibility index (Phi) is 7.64. The van der Waals surface area contributed by atoms with Gasteiger partial charge in [-0.25, -0.2) is 23.6 Å². The van der Waals surface area contributed by atoms with E-state index in [1.165, 1.54) is 59.6 Å². The quantitative estimate of drug-likeness (QED) is 0.602. The van der Waals surface area contributed by atoms with Crippen molar-refractivity contribution in [2.45, 2.75) is 58.9 Å². The van der Waals surface area contributed by atoms with Gasteiger partial charge in [0.1, 0.15) is 5.75 Å². The van der Waals surface area contributed by atoms with Gasteiger partial charge in [-0.3, -0.25) is 0 Å². The maximum atomic E-state index is 8.49. The van der Waals surface area contributed by atoms with Crippen molar-refractivity contribution in [2.24, 2.45) is 0 Å². The molecule has 0 atom stereocenters. The molecule has 150 valence electrons. The van der Waals surface area contributed by atoms with E-state index in [0.717, 1.165) is 5.75 Å². The molecule has 0 saturated heterocycles. The van der Waals surface area contributed by atoms with Gasteiger partial charge in [0, 0.05) is 30.3 Å². The second-order valence-electron chi connectivity index (χ2n) is 6.72. The van der Waals surface area contributed by atoms with Crippen LogP contribution < -0.4 is 33.7 Å². The van der Waals surface area contributed by atoms with Gasteiger partial charge in [0.2, 0.25) is 5.36 Å². The van der Waals surface area contributed by atoms with Crippen LogP contribution >= 0.6 is 0 Å². The Hall–Kier alpha value is -1.64. The summed E-state index contributed by atoms with van der Waals surface area (Å²) in [6, 6.07) is 6.98. The molecule has 7 nitrogen and oxygen atoms in total. The fraction of sp³-hybridized carbons (Fsp3) is 0.526. The number of fused-ring (bicyclic) bond motifs is 1. The number of rotatable bonds is 3. The topological polar surface area (TPSA) is 131 Å². The highest BCUT2D eigenvalue weighted by atomic mass is 35.7. The summed E-state index contributed by atoms with van der Waals surface area (Å²) < 4.78 is 39.8. The van der Waals surface area contributed by atoms with Gasteiger partial charge in [-0.15, -0.1) is 10.2 Å². The summed E-state index contributed by atoms with van der Waals surface area (Å²) in [5.41, 5.74) is 2.39. The number of H-pyrrole nitrogens is 1. The Morgan fingerprint density at radius 2 is 1.63 bits per heavy atom. The molecule has 1 aliphatic rings. The first-order valence-corrected chi connectivity index (χ1v) is 10.4. The average molecular weight is 399 g/mol. The molecule has 1 heterocycles. The number of aromatic nitrogens is 1. The van der Waals surface area contributed by atoms with Crippen molar-refractivity contribution >= 4 is 10.8 Å². The van der Waals surface area contributed by atoms with Crippen LogP contribution in [0.4, 0.5) is 0 Å². The maximum Gasteiger partial charge on any atom is 0.208 e. The number of halogens is 1. The molecule has 2 aromatic rings. The van der Waals surface area contributed by atoms with Crippen molar-refractivity contribution in [3.8, 4) is 5.75 Å².